The summed E-state index contributed by atoms with van der Waals surface area (Å²) in [5, 5.41) is 16.5. The number of aliphatic hydroxyl groups excluding tert-OH is 1. The van der Waals surface area contributed by atoms with Gasteiger partial charge in [0.05, 0.1) is 26.4 Å². The number of ether oxygens (including phenoxy) is 5. The quantitative estimate of drug-likeness (QED) is 0.538. The van der Waals surface area contributed by atoms with Crippen molar-refractivity contribution in [3.63, 3.8) is 0 Å². The standard InChI is InChI=1S/C21H28N2O8S/c1-12(24)23-17-13(28-8-5-6-16-22-7-9-32-16)10-14(20(26)27-4)30-19(17)18(25)15-11-29-21(2,3)31-15/h5-7,9-10,13,15,17-19,25H,8,11H2,1-4H3,(H,23,24)/b6-5+/t13-,15+,17+,18+,19+/m0/s1. The number of aromatic nitrogens is 1. The van der Waals surface area contributed by atoms with Crippen molar-refractivity contribution in [3.8, 4) is 0 Å². The highest BCUT2D eigenvalue weighted by atomic mass is 32.1. The summed E-state index contributed by atoms with van der Waals surface area (Å²) < 4.78 is 27.8. The van der Waals surface area contributed by atoms with Crippen molar-refractivity contribution < 1.29 is 38.4 Å². The molecule has 5 atom stereocenters. The van der Waals surface area contributed by atoms with Gasteiger partial charge in [0.1, 0.15) is 23.3 Å². The Bertz CT molecular complexity index is 854. The monoisotopic (exact) mass is 468 g/mol. The van der Waals surface area contributed by atoms with Crippen LogP contribution in [0.2, 0.25) is 0 Å². The molecule has 1 fully saturated rings. The maximum absolute atomic E-state index is 12.2. The minimum Gasteiger partial charge on any atom is -0.478 e. The normalized spacial score (nSPS) is 28.1. The molecule has 1 saturated heterocycles. The minimum absolute atomic E-state index is 0.120. The number of aliphatic hydroxyl groups is 1. The molecule has 0 unspecified atom stereocenters. The molecule has 0 spiro atoms. The number of methoxy groups -OCH3 is 1. The molecule has 2 aliphatic rings. The number of hydrogen-bond donors (Lipinski definition) is 2. The lowest BCUT2D eigenvalue weighted by atomic mass is 9.93. The van der Waals surface area contributed by atoms with E-state index in [0.29, 0.717) is 0 Å². The summed E-state index contributed by atoms with van der Waals surface area (Å²) in [6.45, 7) is 5.10. The molecule has 1 aromatic heterocycles. The zero-order chi connectivity index (χ0) is 23.3. The van der Waals surface area contributed by atoms with Gasteiger partial charge in [-0.1, -0.05) is 6.08 Å². The van der Waals surface area contributed by atoms with Gasteiger partial charge in [-0.05, 0) is 26.0 Å². The summed E-state index contributed by atoms with van der Waals surface area (Å²) in [5.41, 5.74) is 0. The Morgan fingerprint density at radius 1 is 1.47 bits per heavy atom. The van der Waals surface area contributed by atoms with Gasteiger partial charge in [-0.15, -0.1) is 11.3 Å². The van der Waals surface area contributed by atoms with Crippen molar-refractivity contribution >= 4 is 29.3 Å². The van der Waals surface area contributed by atoms with Gasteiger partial charge in [-0.25, -0.2) is 9.78 Å². The van der Waals surface area contributed by atoms with Crippen LogP contribution in [0.25, 0.3) is 6.08 Å². The summed E-state index contributed by atoms with van der Waals surface area (Å²) in [5.74, 6) is -2.06. The first kappa shape index (κ1) is 24.3. The number of carbonyl (C=O) groups is 2. The molecule has 2 aliphatic heterocycles. The maximum atomic E-state index is 12.2. The fourth-order valence-corrected chi connectivity index (χ4v) is 4.03. The largest absolute Gasteiger partial charge is 0.478 e. The zero-order valence-corrected chi connectivity index (χ0v) is 19.2. The second-order valence-corrected chi connectivity index (χ2v) is 8.69. The van der Waals surface area contributed by atoms with Crippen LogP contribution in [0.3, 0.4) is 0 Å². The van der Waals surface area contributed by atoms with Crippen LogP contribution in [0, 0.1) is 0 Å². The van der Waals surface area contributed by atoms with Crippen molar-refractivity contribution in [2.45, 2.75) is 57.0 Å². The van der Waals surface area contributed by atoms with Crippen molar-refractivity contribution in [3.05, 3.63) is 34.5 Å². The smallest absolute Gasteiger partial charge is 0.373 e. The van der Waals surface area contributed by atoms with Gasteiger partial charge < -0.3 is 34.1 Å². The Morgan fingerprint density at radius 2 is 2.25 bits per heavy atom. The van der Waals surface area contributed by atoms with Crippen molar-refractivity contribution in [2.75, 3.05) is 20.3 Å². The van der Waals surface area contributed by atoms with Gasteiger partial charge in [0, 0.05) is 18.5 Å². The van der Waals surface area contributed by atoms with Crippen LogP contribution in [0.15, 0.2) is 29.5 Å². The average molecular weight is 469 g/mol. The van der Waals surface area contributed by atoms with Gasteiger partial charge >= 0.3 is 5.97 Å². The highest BCUT2D eigenvalue weighted by Gasteiger charge is 2.48. The van der Waals surface area contributed by atoms with E-state index in [4.69, 9.17) is 23.7 Å². The molecule has 11 heteroatoms. The maximum Gasteiger partial charge on any atom is 0.373 e. The van der Waals surface area contributed by atoms with Crippen molar-refractivity contribution in [2.24, 2.45) is 0 Å². The van der Waals surface area contributed by atoms with E-state index in [1.807, 2.05) is 5.38 Å². The molecule has 176 valence electrons. The number of carbonyl (C=O) groups excluding carboxylic acids is 2. The Morgan fingerprint density at radius 3 is 2.84 bits per heavy atom. The van der Waals surface area contributed by atoms with E-state index in [1.165, 1.54) is 31.4 Å². The average Bonchev–Trinajstić information content (AvgIpc) is 3.39. The van der Waals surface area contributed by atoms with Crippen LogP contribution in [-0.4, -0.2) is 78.5 Å². The highest BCUT2D eigenvalue weighted by molar-refractivity contribution is 7.10. The number of hydrogen-bond acceptors (Lipinski definition) is 10. The van der Waals surface area contributed by atoms with Crippen LogP contribution >= 0.6 is 11.3 Å². The lowest BCUT2D eigenvalue weighted by molar-refractivity contribution is -0.173. The molecule has 0 aliphatic carbocycles. The highest BCUT2D eigenvalue weighted by Crippen LogP contribution is 2.30. The predicted octanol–water partition coefficient (Wildman–Crippen LogP) is 1.01. The molecule has 2 N–H and O–H groups in total. The molecule has 3 rings (SSSR count). The van der Waals surface area contributed by atoms with Crippen LogP contribution in [0.1, 0.15) is 25.8 Å². The molecule has 0 aromatic carbocycles. The lowest BCUT2D eigenvalue weighted by Gasteiger charge is -2.40. The Hall–Kier alpha value is -2.31. The van der Waals surface area contributed by atoms with E-state index in [0.717, 1.165) is 5.01 Å². The zero-order valence-electron chi connectivity index (χ0n) is 18.3. The molecule has 0 radical (unpaired) electrons. The number of rotatable bonds is 8. The number of nitrogens with one attached hydrogen (secondary N) is 1. The van der Waals surface area contributed by atoms with E-state index in [9.17, 15) is 14.7 Å². The van der Waals surface area contributed by atoms with Gasteiger partial charge in [0.15, 0.2) is 11.9 Å². The van der Waals surface area contributed by atoms with Gasteiger partial charge in [0.25, 0.3) is 0 Å². The first-order valence-corrected chi connectivity index (χ1v) is 11.0. The van der Waals surface area contributed by atoms with Crippen molar-refractivity contribution in [1.29, 1.82) is 0 Å². The Kier molecular flexibility index (Phi) is 8.01. The van der Waals surface area contributed by atoms with E-state index < -0.39 is 42.2 Å². The number of thiazole rings is 1. The molecule has 0 saturated carbocycles. The molecule has 1 aromatic rings. The Labute approximate surface area is 190 Å². The number of nitrogens with zero attached hydrogens (tertiary/aromatic N) is 1. The SMILES string of the molecule is COC(=O)C1=C[C@H](OC/C=C/c2nccs2)[C@@H](NC(C)=O)[C@H]([C@H](O)[C@H]2COC(C)(C)O2)O1. The molecular formula is C21H28N2O8S. The fourth-order valence-electron chi connectivity index (χ4n) is 3.48. The molecule has 1 amide bonds. The van der Waals surface area contributed by atoms with Crippen LogP contribution in [0.4, 0.5) is 0 Å². The first-order chi connectivity index (χ1) is 15.2. The predicted molar refractivity (Wildman–Crippen MR) is 114 cm³/mol. The Balaban J connectivity index is 1.81. The van der Waals surface area contributed by atoms with Crippen LogP contribution < -0.4 is 5.32 Å². The molecule has 32 heavy (non-hydrogen) atoms. The minimum atomic E-state index is -1.22. The van der Waals surface area contributed by atoms with Gasteiger partial charge in [-0.3, -0.25) is 4.79 Å². The summed E-state index contributed by atoms with van der Waals surface area (Å²) in [6.07, 6.45) is 2.93. The molecular weight excluding hydrogens is 440 g/mol. The number of amides is 1. The second-order valence-electron chi connectivity index (χ2n) is 7.76. The summed E-state index contributed by atoms with van der Waals surface area (Å²) >= 11 is 1.48. The summed E-state index contributed by atoms with van der Waals surface area (Å²) in [7, 11) is 1.22. The third kappa shape index (κ3) is 6.14. The topological polar surface area (TPSA) is 125 Å². The lowest BCUT2D eigenvalue weighted by Crippen LogP contribution is -2.60. The number of esters is 1. The molecule has 10 nitrogen and oxygen atoms in total. The van der Waals surface area contributed by atoms with Crippen LogP contribution in [0.5, 0.6) is 0 Å². The molecule has 3 heterocycles. The van der Waals surface area contributed by atoms with Gasteiger partial charge in [0.2, 0.25) is 11.7 Å². The third-order valence-electron chi connectivity index (χ3n) is 4.89. The summed E-state index contributed by atoms with van der Waals surface area (Å²) in [6, 6.07) is -0.795. The van der Waals surface area contributed by atoms with E-state index in [2.05, 4.69) is 10.3 Å². The second kappa shape index (κ2) is 10.5. The van der Waals surface area contributed by atoms with Gasteiger partial charge in [-0.2, -0.15) is 0 Å². The third-order valence-corrected chi connectivity index (χ3v) is 5.63. The van der Waals surface area contributed by atoms with E-state index >= 15 is 0 Å². The molecule has 0 bridgehead atoms. The first-order valence-electron chi connectivity index (χ1n) is 10.1. The fraction of sp³-hybridized carbons (Fsp3) is 0.571. The van der Waals surface area contributed by atoms with Crippen LogP contribution in [-0.2, 0) is 33.3 Å². The van der Waals surface area contributed by atoms with E-state index in [1.54, 1.807) is 32.2 Å². The van der Waals surface area contributed by atoms with E-state index in [-0.39, 0.29) is 24.9 Å². The summed E-state index contributed by atoms with van der Waals surface area (Å²) in [4.78, 5) is 28.3. The van der Waals surface area contributed by atoms with Crippen molar-refractivity contribution in [1.82, 2.24) is 10.3 Å².